The monoisotopic (exact) mass is 318 g/mol. The minimum atomic E-state index is -4.07. The molecule has 0 saturated heterocycles. The molecular formula is C11H11FN2O4S2. The van der Waals surface area contributed by atoms with E-state index < -0.39 is 20.7 Å². The Kier molecular flexibility index (Phi) is 4.33. The predicted octanol–water partition coefficient (Wildman–Crippen LogP) is 0.546. The first-order valence-corrected chi connectivity index (χ1v) is 7.84. The summed E-state index contributed by atoms with van der Waals surface area (Å²) in [7, 11) is -4.07. The van der Waals surface area contributed by atoms with Gasteiger partial charge in [0.1, 0.15) is 10.7 Å². The van der Waals surface area contributed by atoms with Crippen molar-refractivity contribution in [2.75, 3.05) is 0 Å². The minimum Gasteiger partial charge on any atom is -0.392 e. The van der Waals surface area contributed by atoms with Gasteiger partial charge in [-0.2, -0.15) is 0 Å². The zero-order valence-corrected chi connectivity index (χ0v) is 11.7. The van der Waals surface area contributed by atoms with Gasteiger partial charge in [0.2, 0.25) is 10.0 Å². The molecule has 0 spiro atoms. The molecule has 0 aliphatic heterocycles. The number of hydrogen-bond acceptors (Lipinski definition) is 5. The number of aliphatic hydroxyl groups excluding tert-OH is 1. The summed E-state index contributed by atoms with van der Waals surface area (Å²) in [4.78, 5) is 12.5. The van der Waals surface area contributed by atoms with E-state index in [-0.39, 0.29) is 23.6 Å². The fourth-order valence-electron chi connectivity index (χ4n) is 1.50. The van der Waals surface area contributed by atoms with Crippen LogP contribution < -0.4 is 9.60 Å². The second kappa shape index (κ2) is 5.83. The standard InChI is InChI=1S/C11H11FN2O4S2/c12-9-2-1-7(5-15)3-10(9)20(17,18)13-4-8-6-19-11(16)14-8/h1-3,6,13,15H,4-5H2,(H,14,16). The Bertz CT molecular complexity index is 767. The summed E-state index contributed by atoms with van der Waals surface area (Å²) in [5.74, 6) is -0.909. The van der Waals surface area contributed by atoms with E-state index in [4.69, 9.17) is 5.11 Å². The van der Waals surface area contributed by atoms with Gasteiger partial charge in [-0.1, -0.05) is 17.4 Å². The number of halogens is 1. The molecule has 2 rings (SSSR count). The molecule has 1 heterocycles. The summed E-state index contributed by atoms with van der Waals surface area (Å²) in [5.41, 5.74) is 0.679. The maximum absolute atomic E-state index is 13.6. The van der Waals surface area contributed by atoms with E-state index in [2.05, 4.69) is 9.71 Å². The highest BCUT2D eigenvalue weighted by atomic mass is 32.2. The van der Waals surface area contributed by atoms with Gasteiger partial charge in [0.05, 0.1) is 13.2 Å². The fourth-order valence-corrected chi connectivity index (χ4v) is 3.22. The zero-order chi connectivity index (χ0) is 14.8. The van der Waals surface area contributed by atoms with Gasteiger partial charge >= 0.3 is 4.87 Å². The molecule has 108 valence electrons. The molecule has 0 atom stereocenters. The molecule has 0 unspecified atom stereocenters. The summed E-state index contributed by atoms with van der Waals surface area (Å²) in [6.45, 7) is -0.537. The Morgan fingerprint density at radius 3 is 2.75 bits per heavy atom. The SMILES string of the molecule is O=c1[nH]c(CNS(=O)(=O)c2cc(CO)ccc2F)cs1. The number of rotatable bonds is 5. The molecule has 1 aromatic carbocycles. The summed E-state index contributed by atoms with van der Waals surface area (Å²) in [6, 6.07) is 3.34. The lowest BCUT2D eigenvalue weighted by atomic mass is 10.2. The van der Waals surface area contributed by atoms with E-state index >= 15 is 0 Å². The molecular weight excluding hydrogens is 307 g/mol. The average Bonchev–Trinajstić information content (AvgIpc) is 2.83. The third-order valence-electron chi connectivity index (χ3n) is 2.49. The molecule has 1 aromatic heterocycles. The number of nitrogens with one attached hydrogen (secondary N) is 2. The summed E-state index contributed by atoms with van der Waals surface area (Å²) >= 11 is 0.907. The van der Waals surface area contributed by atoms with Crippen LogP contribution in [-0.4, -0.2) is 18.5 Å². The van der Waals surface area contributed by atoms with Crippen LogP contribution in [-0.2, 0) is 23.2 Å². The highest BCUT2D eigenvalue weighted by Gasteiger charge is 2.19. The molecule has 0 bridgehead atoms. The third kappa shape index (κ3) is 3.31. The van der Waals surface area contributed by atoms with Gasteiger partial charge in [0.15, 0.2) is 0 Å². The molecule has 0 amide bonds. The van der Waals surface area contributed by atoms with Crippen molar-refractivity contribution in [3.8, 4) is 0 Å². The van der Waals surface area contributed by atoms with Gasteiger partial charge in [-0.25, -0.2) is 17.5 Å². The smallest absolute Gasteiger partial charge is 0.304 e. The van der Waals surface area contributed by atoms with E-state index in [0.717, 1.165) is 23.5 Å². The fraction of sp³-hybridized carbons (Fsp3) is 0.182. The van der Waals surface area contributed by atoms with E-state index in [9.17, 15) is 17.6 Å². The van der Waals surface area contributed by atoms with Crippen LogP contribution in [0.25, 0.3) is 0 Å². The van der Waals surface area contributed by atoms with Crippen LogP contribution in [0.4, 0.5) is 4.39 Å². The van der Waals surface area contributed by atoms with Crippen molar-refractivity contribution in [3.05, 3.63) is 50.3 Å². The second-order valence-corrected chi connectivity index (χ2v) is 6.50. The number of thiazole rings is 1. The van der Waals surface area contributed by atoms with Gasteiger partial charge in [-0.05, 0) is 17.7 Å². The maximum atomic E-state index is 13.6. The molecule has 0 aliphatic rings. The number of aliphatic hydroxyl groups is 1. The molecule has 20 heavy (non-hydrogen) atoms. The molecule has 0 radical (unpaired) electrons. The van der Waals surface area contributed by atoms with Crippen molar-refractivity contribution in [1.29, 1.82) is 0 Å². The number of hydrogen-bond donors (Lipinski definition) is 3. The van der Waals surface area contributed by atoms with E-state index in [1.807, 2.05) is 0 Å². The van der Waals surface area contributed by atoms with Gasteiger partial charge in [-0.15, -0.1) is 0 Å². The Balaban J connectivity index is 2.24. The topological polar surface area (TPSA) is 99.3 Å². The maximum Gasteiger partial charge on any atom is 0.304 e. The van der Waals surface area contributed by atoms with Crippen LogP contribution >= 0.6 is 11.3 Å². The summed E-state index contributed by atoms with van der Waals surface area (Å²) in [5, 5.41) is 10.4. The van der Waals surface area contributed by atoms with Crippen LogP contribution in [0, 0.1) is 5.82 Å². The van der Waals surface area contributed by atoms with Gasteiger partial charge in [0, 0.05) is 11.1 Å². The first-order valence-electron chi connectivity index (χ1n) is 5.48. The molecule has 0 saturated carbocycles. The molecule has 3 N–H and O–H groups in total. The molecule has 6 nitrogen and oxygen atoms in total. The van der Waals surface area contributed by atoms with Crippen LogP contribution in [0.5, 0.6) is 0 Å². The van der Waals surface area contributed by atoms with Crippen molar-refractivity contribution in [3.63, 3.8) is 0 Å². The number of sulfonamides is 1. The van der Waals surface area contributed by atoms with E-state index in [1.54, 1.807) is 0 Å². The lowest BCUT2D eigenvalue weighted by Crippen LogP contribution is -2.24. The summed E-state index contributed by atoms with van der Waals surface area (Å²) < 4.78 is 39.7. The highest BCUT2D eigenvalue weighted by molar-refractivity contribution is 7.89. The van der Waals surface area contributed by atoms with Crippen molar-refractivity contribution in [2.45, 2.75) is 18.0 Å². The molecule has 0 aliphatic carbocycles. The summed E-state index contributed by atoms with van der Waals surface area (Å²) in [6.07, 6.45) is 0. The van der Waals surface area contributed by atoms with Crippen molar-refractivity contribution in [2.24, 2.45) is 0 Å². The Morgan fingerprint density at radius 1 is 1.40 bits per heavy atom. The van der Waals surface area contributed by atoms with Crippen molar-refractivity contribution < 1.29 is 17.9 Å². The van der Waals surface area contributed by atoms with Crippen LogP contribution in [0.2, 0.25) is 0 Å². The lowest BCUT2D eigenvalue weighted by molar-refractivity contribution is 0.281. The van der Waals surface area contributed by atoms with E-state index in [0.29, 0.717) is 5.69 Å². The molecule has 0 fully saturated rings. The third-order valence-corrected chi connectivity index (χ3v) is 4.63. The van der Waals surface area contributed by atoms with Crippen LogP contribution in [0.3, 0.4) is 0 Å². The average molecular weight is 318 g/mol. The first-order chi connectivity index (χ1) is 9.42. The Labute approximate surface area is 118 Å². The quantitative estimate of drug-likeness (QED) is 0.749. The lowest BCUT2D eigenvalue weighted by Gasteiger charge is -2.08. The normalized spacial score (nSPS) is 11.7. The van der Waals surface area contributed by atoms with Crippen LogP contribution in [0.15, 0.2) is 33.3 Å². The van der Waals surface area contributed by atoms with Crippen molar-refractivity contribution in [1.82, 2.24) is 9.71 Å². The zero-order valence-electron chi connectivity index (χ0n) is 10.1. The number of aromatic nitrogens is 1. The first kappa shape index (κ1) is 14.9. The molecule has 9 heteroatoms. The molecule has 2 aromatic rings. The van der Waals surface area contributed by atoms with E-state index in [1.165, 1.54) is 11.4 Å². The van der Waals surface area contributed by atoms with Crippen molar-refractivity contribution >= 4 is 21.4 Å². The highest BCUT2D eigenvalue weighted by Crippen LogP contribution is 2.16. The number of benzene rings is 1. The minimum absolute atomic E-state index is 0.149. The number of aromatic amines is 1. The van der Waals surface area contributed by atoms with Gasteiger partial charge in [0.25, 0.3) is 0 Å². The largest absolute Gasteiger partial charge is 0.392 e. The van der Waals surface area contributed by atoms with Gasteiger partial charge < -0.3 is 10.1 Å². The van der Waals surface area contributed by atoms with Crippen LogP contribution in [0.1, 0.15) is 11.3 Å². The Hall–Kier alpha value is -1.55. The Morgan fingerprint density at radius 2 is 2.15 bits per heavy atom. The predicted molar refractivity (Wildman–Crippen MR) is 71.3 cm³/mol. The van der Waals surface area contributed by atoms with Gasteiger partial charge in [-0.3, -0.25) is 4.79 Å². The number of H-pyrrole nitrogens is 1. The second-order valence-electron chi connectivity index (χ2n) is 3.92.